The van der Waals surface area contributed by atoms with Crippen LogP contribution < -0.4 is 0 Å². The first-order valence-corrected chi connectivity index (χ1v) is 6.63. The molecule has 2 nitrogen and oxygen atoms in total. The lowest BCUT2D eigenvalue weighted by molar-refractivity contribution is -0.110. The van der Waals surface area contributed by atoms with Crippen LogP contribution in [0, 0.1) is 5.92 Å². The molecule has 0 aromatic heterocycles. The fourth-order valence-corrected chi connectivity index (χ4v) is 3.41. The van der Waals surface area contributed by atoms with Crippen LogP contribution in [0.2, 0.25) is 0 Å². The molecular weight excluding hydrogens is 224 g/mol. The van der Waals surface area contributed by atoms with Crippen LogP contribution in [0.3, 0.4) is 0 Å². The maximum absolute atomic E-state index is 11.0. The number of aliphatic hydroxyl groups is 1. The quantitative estimate of drug-likeness (QED) is 0.868. The Kier molecular flexibility index (Phi) is 3.07. The van der Waals surface area contributed by atoms with Crippen molar-refractivity contribution in [3.63, 3.8) is 0 Å². The summed E-state index contributed by atoms with van der Waals surface area (Å²) in [4.78, 5) is 0. The van der Waals surface area contributed by atoms with E-state index in [0.717, 1.165) is 12.0 Å². The van der Waals surface area contributed by atoms with Crippen molar-refractivity contribution >= 4 is 0 Å². The molecule has 2 unspecified atom stereocenters. The topological polar surface area (TPSA) is 29.5 Å². The summed E-state index contributed by atoms with van der Waals surface area (Å²) in [6.45, 7) is 10.2. The van der Waals surface area contributed by atoms with Gasteiger partial charge in [0, 0.05) is 5.92 Å². The molecule has 0 radical (unpaired) electrons. The third-order valence-corrected chi connectivity index (χ3v) is 4.11. The molecule has 1 aliphatic rings. The van der Waals surface area contributed by atoms with Crippen LogP contribution in [-0.4, -0.2) is 16.3 Å². The van der Waals surface area contributed by atoms with Gasteiger partial charge in [0.1, 0.15) is 0 Å². The fraction of sp³-hybridized carbons (Fsp3) is 0.625. The molecule has 100 valence electrons. The van der Waals surface area contributed by atoms with Crippen molar-refractivity contribution in [2.75, 3.05) is 0 Å². The summed E-state index contributed by atoms with van der Waals surface area (Å²) >= 11 is 0. The maximum atomic E-state index is 11.0. The molecule has 18 heavy (non-hydrogen) atoms. The van der Waals surface area contributed by atoms with Gasteiger partial charge in [-0.25, -0.2) is 0 Å². The van der Waals surface area contributed by atoms with Gasteiger partial charge >= 0.3 is 0 Å². The van der Waals surface area contributed by atoms with E-state index < -0.39 is 5.60 Å². The summed E-state index contributed by atoms with van der Waals surface area (Å²) in [5.41, 5.74) is -0.390. The van der Waals surface area contributed by atoms with Gasteiger partial charge in [0.15, 0.2) is 0 Å². The first-order valence-electron chi connectivity index (χ1n) is 6.63. The van der Waals surface area contributed by atoms with Gasteiger partial charge in [-0.15, -0.1) is 0 Å². The van der Waals surface area contributed by atoms with E-state index in [1.165, 1.54) is 0 Å². The number of hydrogen-bond donors (Lipinski definition) is 1. The highest BCUT2D eigenvalue weighted by atomic mass is 16.5. The van der Waals surface area contributed by atoms with Gasteiger partial charge in [-0.2, -0.15) is 0 Å². The Balaban J connectivity index is 2.36. The van der Waals surface area contributed by atoms with E-state index in [1.54, 1.807) is 0 Å². The normalized spacial score (nSPS) is 28.9. The van der Waals surface area contributed by atoms with Crippen LogP contribution in [-0.2, 0) is 10.3 Å². The van der Waals surface area contributed by atoms with Crippen molar-refractivity contribution in [1.82, 2.24) is 0 Å². The molecule has 2 heteroatoms. The van der Waals surface area contributed by atoms with Crippen LogP contribution in [0.25, 0.3) is 0 Å². The molecule has 0 aliphatic carbocycles. The highest BCUT2D eigenvalue weighted by Gasteiger charge is 2.53. The predicted octanol–water partition coefficient (Wildman–Crippen LogP) is 3.49. The molecule has 0 saturated carbocycles. The molecule has 2 atom stereocenters. The monoisotopic (exact) mass is 248 g/mol. The first kappa shape index (κ1) is 13.6. The Labute approximate surface area is 110 Å². The van der Waals surface area contributed by atoms with Crippen molar-refractivity contribution in [3.8, 4) is 0 Å². The van der Waals surface area contributed by atoms with Gasteiger partial charge < -0.3 is 9.84 Å². The molecule has 1 aromatic rings. The zero-order valence-electron chi connectivity index (χ0n) is 12.0. The van der Waals surface area contributed by atoms with Gasteiger partial charge in [0.05, 0.1) is 16.8 Å². The van der Waals surface area contributed by atoms with Crippen molar-refractivity contribution in [2.45, 2.75) is 57.8 Å². The minimum absolute atomic E-state index is 0.0856. The number of hydrogen-bond acceptors (Lipinski definition) is 2. The summed E-state index contributed by atoms with van der Waals surface area (Å²) in [6, 6.07) is 9.89. The average Bonchev–Trinajstić information content (AvgIpc) is 2.48. The van der Waals surface area contributed by atoms with Gasteiger partial charge in [-0.3, -0.25) is 0 Å². The second-order valence-corrected chi connectivity index (χ2v) is 6.74. The Morgan fingerprint density at radius 1 is 1.17 bits per heavy atom. The molecule has 0 amide bonds. The van der Waals surface area contributed by atoms with E-state index in [-0.39, 0.29) is 17.1 Å². The van der Waals surface area contributed by atoms with E-state index in [4.69, 9.17) is 4.74 Å². The lowest BCUT2D eigenvalue weighted by Gasteiger charge is -2.38. The van der Waals surface area contributed by atoms with Crippen molar-refractivity contribution < 1.29 is 9.84 Å². The standard InChI is InChI=1S/C16H24O2/c1-14(2)11-13(15(3,4)18-14)16(5,17)12-9-7-6-8-10-12/h6-10,13,17H,11H2,1-5H3. The lowest BCUT2D eigenvalue weighted by atomic mass is 9.72. The molecule has 0 bridgehead atoms. The van der Waals surface area contributed by atoms with E-state index in [9.17, 15) is 5.11 Å². The van der Waals surface area contributed by atoms with Crippen molar-refractivity contribution in [1.29, 1.82) is 0 Å². The number of benzene rings is 1. The predicted molar refractivity (Wildman–Crippen MR) is 73.4 cm³/mol. The van der Waals surface area contributed by atoms with Gasteiger partial charge in [-0.05, 0) is 46.6 Å². The van der Waals surface area contributed by atoms with Crippen LogP contribution >= 0.6 is 0 Å². The first-order chi connectivity index (χ1) is 8.15. The van der Waals surface area contributed by atoms with Crippen LogP contribution in [0.15, 0.2) is 30.3 Å². The zero-order chi connectivity index (χ0) is 13.6. The van der Waals surface area contributed by atoms with Crippen LogP contribution in [0.4, 0.5) is 0 Å². The highest BCUT2D eigenvalue weighted by Crippen LogP contribution is 2.50. The third kappa shape index (κ3) is 2.32. The second-order valence-electron chi connectivity index (χ2n) is 6.74. The Bertz CT molecular complexity index is 418. The van der Waals surface area contributed by atoms with Crippen LogP contribution in [0.5, 0.6) is 0 Å². The minimum Gasteiger partial charge on any atom is -0.385 e. The van der Waals surface area contributed by atoms with E-state index in [0.29, 0.717) is 0 Å². The Hall–Kier alpha value is -0.860. The zero-order valence-corrected chi connectivity index (χ0v) is 12.0. The van der Waals surface area contributed by atoms with E-state index in [1.807, 2.05) is 37.3 Å². The number of ether oxygens (including phenoxy) is 1. The fourth-order valence-electron chi connectivity index (χ4n) is 3.41. The summed E-state index contributed by atoms with van der Waals surface area (Å²) in [6.07, 6.45) is 0.863. The maximum Gasteiger partial charge on any atom is 0.0924 e. The summed E-state index contributed by atoms with van der Waals surface area (Å²) in [5, 5.41) is 11.0. The van der Waals surface area contributed by atoms with Gasteiger partial charge in [0.25, 0.3) is 0 Å². The SMILES string of the molecule is CC1(C)CC(C(C)(O)c2ccccc2)C(C)(C)O1. The number of rotatable bonds is 2. The molecule has 2 rings (SSSR count). The highest BCUT2D eigenvalue weighted by molar-refractivity contribution is 5.24. The second kappa shape index (κ2) is 4.07. The smallest absolute Gasteiger partial charge is 0.0924 e. The Morgan fingerprint density at radius 3 is 2.17 bits per heavy atom. The molecule has 0 spiro atoms. The summed E-state index contributed by atoms with van der Waals surface area (Å²) in [5.74, 6) is 0.0856. The molecule has 1 aliphatic heterocycles. The lowest BCUT2D eigenvalue weighted by Crippen LogP contribution is -2.42. The average molecular weight is 248 g/mol. The molecule has 1 aromatic carbocycles. The molecule has 1 saturated heterocycles. The molecule has 1 N–H and O–H groups in total. The largest absolute Gasteiger partial charge is 0.385 e. The molecule has 1 fully saturated rings. The van der Waals surface area contributed by atoms with E-state index >= 15 is 0 Å². The molecule has 1 heterocycles. The van der Waals surface area contributed by atoms with E-state index in [2.05, 4.69) is 27.7 Å². The third-order valence-electron chi connectivity index (χ3n) is 4.11. The van der Waals surface area contributed by atoms with Crippen molar-refractivity contribution in [2.24, 2.45) is 5.92 Å². The Morgan fingerprint density at radius 2 is 1.72 bits per heavy atom. The van der Waals surface area contributed by atoms with Gasteiger partial charge in [0.2, 0.25) is 0 Å². The van der Waals surface area contributed by atoms with Crippen molar-refractivity contribution in [3.05, 3.63) is 35.9 Å². The summed E-state index contributed by atoms with van der Waals surface area (Å²) < 4.78 is 6.10. The summed E-state index contributed by atoms with van der Waals surface area (Å²) in [7, 11) is 0. The minimum atomic E-state index is -0.863. The van der Waals surface area contributed by atoms with Crippen LogP contribution in [0.1, 0.15) is 46.6 Å². The molecular formula is C16H24O2. The van der Waals surface area contributed by atoms with Gasteiger partial charge in [-0.1, -0.05) is 30.3 Å².